The molecule has 0 unspecified atom stereocenters. The van der Waals surface area contributed by atoms with E-state index in [2.05, 4.69) is 33.1 Å². The predicted molar refractivity (Wildman–Crippen MR) is 82.8 cm³/mol. The van der Waals surface area contributed by atoms with E-state index in [-0.39, 0.29) is 10.6 Å². The molecule has 0 spiro atoms. The van der Waals surface area contributed by atoms with Crippen LogP contribution in [0, 0.1) is 10.1 Å². The lowest BCUT2D eigenvalue weighted by atomic mass is 10.0. The normalized spacial score (nSPS) is 16.6. The van der Waals surface area contributed by atoms with Gasteiger partial charge < -0.3 is 5.32 Å². The molecular weight excluding hydrogens is 322 g/mol. The van der Waals surface area contributed by atoms with Crippen LogP contribution in [0.3, 0.4) is 0 Å². The van der Waals surface area contributed by atoms with E-state index in [0.717, 1.165) is 44.6 Å². The summed E-state index contributed by atoms with van der Waals surface area (Å²) in [5.41, 5.74) is 1.13. The molecule has 1 aliphatic rings. The molecule has 0 amide bonds. The second-order valence-corrected chi connectivity index (χ2v) is 5.84. The second kappa shape index (κ2) is 7.15. The molecular formula is C14H20BrN3O2. The fourth-order valence-corrected chi connectivity index (χ4v) is 3.25. The topological polar surface area (TPSA) is 58.4 Å². The van der Waals surface area contributed by atoms with Crippen molar-refractivity contribution < 1.29 is 4.92 Å². The van der Waals surface area contributed by atoms with Crippen LogP contribution < -0.4 is 5.32 Å². The maximum Gasteiger partial charge on any atom is 0.283 e. The molecule has 0 bridgehead atoms. The number of nitro benzene ring substituents is 1. The maximum atomic E-state index is 11.0. The Hall–Kier alpha value is -0.980. The smallest absolute Gasteiger partial charge is 0.283 e. The summed E-state index contributed by atoms with van der Waals surface area (Å²) >= 11 is 3.38. The lowest BCUT2D eigenvalue weighted by Gasteiger charge is -2.34. The molecule has 1 aromatic rings. The minimum absolute atomic E-state index is 0.142. The lowest BCUT2D eigenvalue weighted by Crippen LogP contribution is -2.42. The van der Waals surface area contributed by atoms with Gasteiger partial charge in [-0.15, -0.1) is 0 Å². The average Bonchev–Trinajstić information content (AvgIpc) is 2.47. The number of nitrogens with one attached hydrogen (secondary N) is 1. The van der Waals surface area contributed by atoms with Gasteiger partial charge in [0.25, 0.3) is 5.69 Å². The third-order valence-corrected chi connectivity index (χ3v) is 4.78. The Morgan fingerprint density at radius 3 is 2.75 bits per heavy atom. The van der Waals surface area contributed by atoms with E-state index >= 15 is 0 Å². The zero-order valence-electron chi connectivity index (χ0n) is 11.6. The van der Waals surface area contributed by atoms with E-state index in [4.69, 9.17) is 0 Å². The summed E-state index contributed by atoms with van der Waals surface area (Å²) < 4.78 is 0.609. The first-order chi connectivity index (χ1) is 9.63. The van der Waals surface area contributed by atoms with Crippen molar-refractivity contribution in [3.05, 3.63) is 38.3 Å². The van der Waals surface area contributed by atoms with Gasteiger partial charge in [0.2, 0.25) is 0 Å². The quantitative estimate of drug-likeness (QED) is 0.660. The Balaban J connectivity index is 2.14. The molecule has 1 aromatic carbocycles. The van der Waals surface area contributed by atoms with Crippen molar-refractivity contribution >= 4 is 21.6 Å². The Morgan fingerprint density at radius 1 is 1.45 bits per heavy atom. The van der Waals surface area contributed by atoms with Crippen molar-refractivity contribution in [3.63, 3.8) is 0 Å². The summed E-state index contributed by atoms with van der Waals surface area (Å²) in [6.07, 6.45) is 2.28. The lowest BCUT2D eigenvalue weighted by molar-refractivity contribution is -0.385. The molecule has 0 aromatic heterocycles. The molecule has 1 saturated heterocycles. The summed E-state index contributed by atoms with van der Waals surface area (Å²) in [5.74, 6) is 0. The number of nitrogens with zero attached hydrogens (tertiary/aromatic N) is 2. The standard InChI is InChI=1S/C14H20BrN3O2/c1-2-17(12-6-8-16-9-7-12)10-11-4-3-5-13(14(11)15)18(19)20/h3-5,12,16H,2,6-10H2,1H3. The van der Waals surface area contributed by atoms with Crippen LogP contribution in [0.5, 0.6) is 0 Å². The SMILES string of the molecule is CCN(Cc1cccc([N+](=O)[O-])c1Br)C1CCNCC1. The third kappa shape index (κ3) is 3.56. The van der Waals surface area contributed by atoms with Crippen LogP contribution in [0.4, 0.5) is 5.69 Å². The van der Waals surface area contributed by atoms with Crippen molar-refractivity contribution in [2.75, 3.05) is 19.6 Å². The number of piperidine rings is 1. The van der Waals surface area contributed by atoms with Gasteiger partial charge in [-0.2, -0.15) is 0 Å². The molecule has 1 aliphatic heterocycles. The molecule has 0 saturated carbocycles. The molecule has 6 heteroatoms. The molecule has 0 atom stereocenters. The van der Waals surface area contributed by atoms with Crippen molar-refractivity contribution in [1.29, 1.82) is 0 Å². The summed E-state index contributed by atoms with van der Waals surface area (Å²) in [6, 6.07) is 5.82. The van der Waals surface area contributed by atoms with Gasteiger partial charge in [0.15, 0.2) is 0 Å². The number of rotatable bonds is 5. The van der Waals surface area contributed by atoms with Crippen molar-refractivity contribution in [2.45, 2.75) is 32.4 Å². The Labute approximate surface area is 127 Å². The Morgan fingerprint density at radius 2 is 2.15 bits per heavy atom. The first-order valence-electron chi connectivity index (χ1n) is 7.00. The van der Waals surface area contributed by atoms with Crippen LogP contribution >= 0.6 is 15.9 Å². The highest BCUT2D eigenvalue weighted by Crippen LogP contribution is 2.29. The molecule has 1 N–H and O–H groups in total. The molecule has 5 nitrogen and oxygen atoms in total. The molecule has 2 rings (SSSR count). The van der Waals surface area contributed by atoms with Gasteiger partial charge in [-0.05, 0) is 54.0 Å². The van der Waals surface area contributed by atoms with Crippen LogP contribution in [0.25, 0.3) is 0 Å². The molecule has 1 fully saturated rings. The second-order valence-electron chi connectivity index (χ2n) is 5.05. The molecule has 1 heterocycles. The Bertz CT molecular complexity index is 475. The van der Waals surface area contributed by atoms with Gasteiger partial charge in [0.05, 0.1) is 9.40 Å². The van der Waals surface area contributed by atoms with Gasteiger partial charge in [-0.3, -0.25) is 15.0 Å². The number of nitro groups is 1. The van der Waals surface area contributed by atoms with Crippen molar-refractivity contribution in [2.24, 2.45) is 0 Å². The zero-order chi connectivity index (χ0) is 14.5. The highest BCUT2D eigenvalue weighted by molar-refractivity contribution is 9.10. The summed E-state index contributed by atoms with van der Waals surface area (Å²) in [7, 11) is 0. The fourth-order valence-electron chi connectivity index (χ4n) is 2.72. The summed E-state index contributed by atoms with van der Waals surface area (Å²) in [5, 5.41) is 14.4. The molecule has 0 radical (unpaired) electrons. The van der Waals surface area contributed by atoms with Crippen molar-refractivity contribution in [3.8, 4) is 0 Å². The average molecular weight is 342 g/mol. The minimum Gasteiger partial charge on any atom is -0.317 e. The summed E-state index contributed by atoms with van der Waals surface area (Å²) in [6.45, 7) is 5.96. The highest BCUT2D eigenvalue weighted by Gasteiger charge is 2.22. The van der Waals surface area contributed by atoms with Gasteiger partial charge in [0.1, 0.15) is 0 Å². The number of hydrogen-bond acceptors (Lipinski definition) is 4. The van der Waals surface area contributed by atoms with Crippen molar-refractivity contribution in [1.82, 2.24) is 10.2 Å². The van der Waals surface area contributed by atoms with E-state index in [1.54, 1.807) is 6.07 Å². The van der Waals surface area contributed by atoms with Crippen LogP contribution in [-0.4, -0.2) is 35.5 Å². The number of benzene rings is 1. The van der Waals surface area contributed by atoms with E-state index in [1.165, 1.54) is 6.07 Å². The maximum absolute atomic E-state index is 11.0. The largest absolute Gasteiger partial charge is 0.317 e. The monoisotopic (exact) mass is 341 g/mol. The van der Waals surface area contributed by atoms with Gasteiger partial charge in [-0.1, -0.05) is 19.1 Å². The van der Waals surface area contributed by atoms with E-state index < -0.39 is 0 Å². The van der Waals surface area contributed by atoms with Gasteiger partial charge in [-0.25, -0.2) is 0 Å². The van der Waals surface area contributed by atoms with Crippen LogP contribution in [0.15, 0.2) is 22.7 Å². The predicted octanol–water partition coefficient (Wildman–Crippen LogP) is 2.93. The van der Waals surface area contributed by atoms with E-state index in [0.29, 0.717) is 10.5 Å². The van der Waals surface area contributed by atoms with Crippen LogP contribution in [-0.2, 0) is 6.54 Å². The first kappa shape index (κ1) is 15.4. The minimum atomic E-state index is -0.339. The van der Waals surface area contributed by atoms with Crippen LogP contribution in [0.1, 0.15) is 25.3 Å². The Kier molecular flexibility index (Phi) is 5.51. The van der Waals surface area contributed by atoms with Crippen LogP contribution in [0.2, 0.25) is 0 Å². The van der Waals surface area contributed by atoms with E-state index in [1.807, 2.05) is 6.07 Å². The fraction of sp³-hybridized carbons (Fsp3) is 0.571. The number of halogens is 1. The van der Waals surface area contributed by atoms with Gasteiger partial charge >= 0.3 is 0 Å². The molecule has 0 aliphatic carbocycles. The molecule has 110 valence electrons. The van der Waals surface area contributed by atoms with Gasteiger partial charge in [0, 0.05) is 18.7 Å². The first-order valence-corrected chi connectivity index (χ1v) is 7.79. The molecule has 20 heavy (non-hydrogen) atoms. The van der Waals surface area contributed by atoms with E-state index in [9.17, 15) is 10.1 Å². The zero-order valence-corrected chi connectivity index (χ0v) is 13.2. The number of hydrogen-bond donors (Lipinski definition) is 1. The highest BCUT2D eigenvalue weighted by atomic mass is 79.9. The summed E-state index contributed by atoms with van der Waals surface area (Å²) in [4.78, 5) is 13.1. The third-order valence-electron chi connectivity index (χ3n) is 3.86.